The van der Waals surface area contributed by atoms with Gasteiger partial charge in [-0.05, 0) is 73.1 Å². The van der Waals surface area contributed by atoms with Gasteiger partial charge >= 0.3 is 11.9 Å². The van der Waals surface area contributed by atoms with Crippen LogP contribution in [0.5, 0.6) is 0 Å². The highest BCUT2D eigenvalue weighted by Crippen LogP contribution is 2.33. The molecule has 0 atom stereocenters. The molecule has 0 aliphatic carbocycles. The number of amides is 2. The molecule has 2 N–H and O–H groups in total. The highest BCUT2D eigenvalue weighted by atomic mass is 79.9. The van der Waals surface area contributed by atoms with Gasteiger partial charge in [0, 0.05) is 31.2 Å². The van der Waals surface area contributed by atoms with E-state index in [1.807, 2.05) is 0 Å². The smallest absolute Gasteiger partial charge is 0.379 e. The van der Waals surface area contributed by atoms with Gasteiger partial charge in [-0.3, -0.25) is 23.6 Å². The van der Waals surface area contributed by atoms with Crippen LogP contribution in [-0.4, -0.2) is 64.8 Å². The van der Waals surface area contributed by atoms with E-state index >= 15 is 0 Å². The van der Waals surface area contributed by atoms with Crippen LogP contribution in [0.4, 0.5) is 24.5 Å². The first-order chi connectivity index (χ1) is 26.9. The number of carbonyl (C=O) groups excluding carboxylic acids is 6. The minimum atomic E-state index is -1.10. The summed E-state index contributed by atoms with van der Waals surface area (Å²) in [5.74, 6) is -6.99. The number of ether oxygens (including phenoxy) is 2. The third kappa shape index (κ3) is 10.2. The van der Waals surface area contributed by atoms with E-state index in [0.29, 0.717) is 5.69 Å². The van der Waals surface area contributed by atoms with Gasteiger partial charge in [0.2, 0.25) is 0 Å². The standard InChI is InChI=1S/C18H15ClFN3O4.C17H12BrClFN3O4.CH3F/c1-4-27-18(26)16(24)13-9(2)23(3)15(14(13)19)17(25)22-11-5-6-12(20)10(7-11)8-21;1-3-27-17(26)14(24)11-12(19)13(23(2)15(11)18)16(25)22-9-4-5-10(20)8(6-9)7-21;1-2/h5-7H,4H2,1-3H3,(H,22,25);4-6H,3H2,1-2H3,(H,22,25);1H3/i;;1D. The van der Waals surface area contributed by atoms with E-state index < -0.39 is 54.1 Å². The Morgan fingerprint density at radius 1 is 0.786 bits per heavy atom. The van der Waals surface area contributed by atoms with Crippen LogP contribution in [0.2, 0.25) is 10.0 Å². The van der Waals surface area contributed by atoms with Gasteiger partial charge in [0.25, 0.3) is 23.4 Å². The van der Waals surface area contributed by atoms with Crippen molar-refractivity contribution >= 4 is 85.8 Å². The fraction of sp³-hybridized carbons (Fsp3) is 0.222. The van der Waals surface area contributed by atoms with E-state index in [0.717, 1.165) is 18.2 Å². The molecule has 0 unspecified atom stereocenters. The maximum absolute atomic E-state index is 13.4. The Hall–Kier alpha value is -5.95. The molecule has 0 aliphatic heterocycles. The average molecular weight is 883 g/mol. The quantitative estimate of drug-likeness (QED) is 0.0946. The monoisotopic (exact) mass is 881 g/mol. The van der Waals surface area contributed by atoms with Crippen molar-refractivity contribution in [1.82, 2.24) is 9.13 Å². The van der Waals surface area contributed by atoms with E-state index in [2.05, 4.69) is 36.0 Å². The van der Waals surface area contributed by atoms with Crippen LogP contribution in [0.15, 0.2) is 41.0 Å². The lowest BCUT2D eigenvalue weighted by Crippen LogP contribution is -2.18. The summed E-state index contributed by atoms with van der Waals surface area (Å²) in [4.78, 5) is 73.1. The summed E-state index contributed by atoms with van der Waals surface area (Å²) < 4.78 is 54.4. The van der Waals surface area contributed by atoms with E-state index in [4.69, 9.17) is 35.1 Å². The van der Waals surface area contributed by atoms with Crippen molar-refractivity contribution in [2.24, 2.45) is 14.1 Å². The number of nitrogens with one attached hydrogen (secondary N) is 2. The minimum absolute atomic E-state index is 0.00574. The zero-order chi connectivity index (χ0) is 43.3. The van der Waals surface area contributed by atoms with Crippen molar-refractivity contribution in [2.75, 3.05) is 31.0 Å². The molecule has 2 amide bonds. The Bertz CT molecular complexity index is 2180. The predicted octanol–water partition coefficient (Wildman–Crippen LogP) is 7.03. The second-order valence-corrected chi connectivity index (χ2v) is 12.2. The molecule has 0 bridgehead atoms. The van der Waals surface area contributed by atoms with E-state index in [1.54, 1.807) is 26.0 Å². The van der Waals surface area contributed by atoms with Crippen LogP contribution < -0.4 is 10.6 Å². The summed E-state index contributed by atoms with van der Waals surface area (Å²) in [5, 5.41) is 22.2. The van der Waals surface area contributed by atoms with Crippen molar-refractivity contribution in [3.05, 3.63) is 102 Å². The number of ketones is 2. The summed E-state index contributed by atoms with van der Waals surface area (Å²) in [5.41, 5.74) is -0.358. The summed E-state index contributed by atoms with van der Waals surface area (Å²) in [6.07, 6.45) is 0. The minimum Gasteiger partial charge on any atom is -0.460 e. The predicted molar refractivity (Wildman–Crippen MR) is 200 cm³/mol. The lowest BCUT2D eigenvalue weighted by atomic mass is 10.1. The lowest BCUT2D eigenvalue weighted by Gasteiger charge is -2.08. The van der Waals surface area contributed by atoms with Crippen molar-refractivity contribution in [2.45, 2.75) is 20.8 Å². The number of halogens is 6. The molecule has 2 aromatic carbocycles. The molecule has 0 aliphatic rings. The molecule has 0 fully saturated rings. The molecular weight excluding hydrogens is 852 g/mol. The Balaban J connectivity index is 0.000000368. The highest BCUT2D eigenvalue weighted by Gasteiger charge is 2.32. The molecule has 0 saturated carbocycles. The fourth-order valence-corrected chi connectivity index (χ4v) is 6.19. The molecule has 0 spiro atoms. The average Bonchev–Trinajstić information content (AvgIpc) is 3.53. The van der Waals surface area contributed by atoms with Crippen molar-refractivity contribution < 1.29 is 52.8 Å². The number of esters is 2. The third-order valence-corrected chi connectivity index (χ3v) is 9.05. The topological polar surface area (TPSA) is 202 Å². The lowest BCUT2D eigenvalue weighted by molar-refractivity contribution is -0.138. The number of nitriles is 2. The number of hydrogen-bond donors (Lipinski definition) is 2. The largest absolute Gasteiger partial charge is 0.460 e. The number of rotatable bonds is 10. The van der Waals surface area contributed by atoms with Crippen LogP contribution in [-0.2, 0) is 33.2 Å². The molecule has 294 valence electrons. The Labute approximate surface area is 337 Å². The van der Waals surface area contributed by atoms with Crippen molar-refractivity contribution in [1.29, 1.82) is 10.5 Å². The molecule has 2 aromatic heterocycles. The number of Topliss-reactive ketones (excluding diaryl/α,β-unsaturated/α-hetero) is 2. The van der Waals surface area contributed by atoms with Gasteiger partial charge in [0.1, 0.15) is 35.2 Å². The van der Waals surface area contributed by atoms with Gasteiger partial charge < -0.3 is 29.2 Å². The zero-order valence-electron chi connectivity index (χ0n) is 30.9. The normalized spacial score (nSPS) is 10.2. The number of nitrogens with zero attached hydrogens (tertiary/aromatic N) is 4. The molecule has 0 radical (unpaired) electrons. The highest BCUT2D eigenvalue weighted by molar-refractivity contribution is 9.10. The summed E-state index contributed by atoms with van der Waals surface area (Å²) >= 11 is 15.5. The first-order valence-electron chi connectivity index (χ1n) is 16.3. The first-order valence-corrected chi connectivity index (χ1v) is 17.1. The Morgan fingerprint density at radius 2 is 1.16 bits per heavy atom. The number of anilines is 2. The maximum Gasteiger partial charge on any atom is 0.379 e. The summed E-state index contributed by atoms with van der Waals surface area (Å²) in [6, 6.07) is 10.3. The molecule has 14 nitrogen and oxygen atoms in total. The van der Waals surface area contributed by atoms with E-state index in [-0.39, 0.29) is 72.9 Å². The Morgan fingerprint density at radius 3 is 1.55 bits per heavy atom. The second kappa shape index (κ2) is 20.7. The molecular formula is C36H30BrCl2F3N6O8. The van der Waals surface area contributed by atoms with Gasteiger partial charge in [0.05, 0.1) is 58.6 Å². The van der Waals surface area contributed by atoms with Gasteiger partial charge in [-0.2, -0.15) is 10.5 Å². The number of alkyl halides is 1. The number of hydrogen-bond acceptors (Lipinski definition) is 10. The Kier molecular flexibility index (Phi) is 16.4. The SMILES string of the molecule is CCOC(=O)C(=O)c1c(Cl)c(C(=O)Nc2ccc(F)c(C#N)c2)n(C)c1Br.CCOC(=O)C(=O)c1c(Cl)c(C(=O)Nc2ccc(F)c(C#N)c2)n(C)c1C.[2H]CF. The molecule has 56 heavy (non-hydrogen) atoms. The molecule has 4 aromatic rings. The van der Waals surface area contributed by atoms with Gasteiger partial charge in [-0.1, -0.05) is 23.2 Å². The molecule has 0 saturated heterocycles. The third-order valence-electron chi connectivity index (χ3n) is 7.39. The van der Waals surface area contributed by atoms with Crippen LogP contribution in [0.1, 0.15) is 73.7 Å². The number of carbonyl (C=O) groups is 6. The van der Waals surface area contributed by atoms with E-state index in [9.17, 15) is 41.9 Å². The number of benzene rings is 2. The molecule has 20 heteroatoms. The van der Waals surface area contributed by atoms with Crippen LogP contribution in [0, 0.1) is 41.2 Å². The van der Waals surface area contributed by atoms with Crippen molar-refractivity contribution in [3.8, 4) is 12.1 Å². The van der Waals surface area contributed by atoms with Gasteiger partial charge in [0.15, 0.2) is 0 Å². The van der Waals surface area contributed by atoms with Crippen LogP contribution in [0.25, 0.3) is 0 Å². The van der Waals surface area contributed by atoms with E-state index in [1.165, 1.54) is 48.4 Å². The zero-order valence-corrected chi connectivity index (χ0v) is 33.0. The fourth-order valence-electron chi connectivity index (χ4n) is 4.70. The maximum atomic E-state index is 13.4. The summed E-state index contributed by atoms with van der Waals surface area (Å²) in [7, 11) is 1.96. The first kappa shape index (κ1) is 44.4. The van der Waals surface area contributed by atoms with Gasteiger partial charge in [-0.15, -0.1) is 0 Å². The molecule has 2 heterocycles. The van der Waals surface area contributed by atoms with Crippen molar-refractivity contribution in [3.63, 3.8) is 0 Å². The van der Waals surface area contributed by atoms with Gasteiger partial charge in [-0.25, -0.2) is 18.4 Å². The number of aromatic nitrogens is 2. The van der Waals surface area contributed by atoms with Crippen LogP contribution >= 0.6 is 39.1 Å². The molecule has 4 rings (SSSR count). The summed E-state index contributed by atoms with van der Waals surface area (Å²) in [6.45, 7) is 4.66. The van der Waals surface area contributed by atoms with Crippen LogP contribution in [0.3, 0.4) is 0 Å². The second-order valence-electron chi connectivity index (χ2n) is 10.7.